The highest BCUT2D eigenvalue weighted by molar-refractivity contribution is 14.1. The van der Waals surface area contributed by atoms with Crippen LogP contribution in [0.1, 0.15) is 31.2 Å². The average molecular weight is 345 g/mol. The Hall–Kier alpha value is -0.130. The number of halogens is 1. The van der Waals surface area contributed by atoms with Crippen molar-refractivity contribution >= 4 is 22.6 Å². The molecule has 0 spiro atoms. The van der Waals surface area contributed by atoms with Crippen LogP contribution in [0.5, 0.6) is 0 Å². The van der Waals surface area contributed by atoms with E-state index in [4.69, 9.17) is 4.74 Å². The van der Waals surface area contributed by atoms with Crippen LogP contribution in [-0.4, -0.2) is 19.2 Å². The van der Waals surface area contributed by atoms with Gasteiger partial charge in [-0.1, -0.05) is 18.6 Å². The van der Waals surface area contributed by atoms with Gasteiger partial charge in [-0.05, 0) is 66.1 Å². The molecule has 17 heavy (non-hydrogen) atoms. The molecule has 1 aromatic carbocycles. The summed E-state index contributed by atoms with van der Waals surface area (Å²) in [5, 5.41) is 3.54. The minimum atomic E-state index is 0.681. The molecule has 3 heteroatoms. The number of rotatable bonds is 5. The van der Waals surface area contributed by atoms with Gasteiger partial charge in [0.1, 0.15) is 0 Å². The Labute approximate surface area is 117 Å². The van der Waals surface area contributed by atoms with Crippen LogP contribution in [-0.2, 0) is 11.3 Å². The molecule has 1 atom stereocenters. The molecular formula is C14H20INO. The molecule has 2 nitrogen and oxygen atoms in total. The molecule has 94 valence electrons. The average Bonchev–Trinajstić information content (AvgIpc) is 2.38. The molecule has 2 rings (SSSR count). The zero-order chi connectivity index (χ0) is 11.9. The summed E-state index contributed by atoms with van der Waals surface area (Å²) in [4.78, 5) is 0. The van der Waals surface area contributed by atoms with Crippen molar-refractivity contribution in [2.75, 3.05) is 13.2 Å². The van der Waals surface area contributed by atoms with E-state index in [0.717, 1.165) is 19.6 Å². The molecule has 1 aliphatic heterocycles. The van der Waals surface area contributed by atoms with Gasteiger partial charge in [0, 0.05) is 16.2 Å². The first-order valence-electron chi connectivity index (χ1n) is 6.40. The molecule has 0 saturated carbocycles. The lowest BCUT2D eigenvalue weighted by molar-refractivity contribution is 0.108. The molecule has 1 aliphatic rings. The number of piperidine rings is 1. The van der Waals surface area contributed by atoms with E-state index >= 15 is 0 Å². The summed E-state index contributed by atoms with van der Waals surface area (Å²) < 4.78 is 7.00. The van der Waals surface area contributed by atoms with Crippen molar-refractivity contribution in [2.24, 2.45) is 0 Å². The monoisotopic (exact) mass is 345 g/mol. The van der Waals surface area contributed by atoms with Crippen molar-refractivity contribution in [3.63, 3.8) is 0 Å². The summed E-state index contributed by atoms with van der Waals surface area (Å²) in [6.45, 7) is 2.79. The molecule has 1 saturated heterocycles. The van der Waals surface area contributed by atoms with Crippen molar-refractivity contribution < 1.29 is 4.74 Å². The normalized spacial score (nSPS) is 20.4. The van der Waals surface area contributed by atoms with E-state index < -0.39 is 0 Å². The molecule has 0 radical (unpaired) electrons. The zero-order valence-electron chi connectivity index (χ0n) is 10.1. The molecule has 0 unspecified atom stereocenters. The van der Waals surface area contributed by atoms with Gasteiger partial charge in [-0.25, -0.2) is 0 Å². The quantitative estimate of drug-likeness (QED) is 0.653. The first-order valence-corrected chi connectivity index (χ1v) is 7.48. The van der Waals surface area contributed by atoms with Crippen molar-refractivity contribution in [1.29, 1.82) is 0 Å². The van der Waals surface area contributed by atoms with Crippen molar-refractivity contribution in [2.45, 2.75) is 38.3 Å². The maximum Gasteiger partial charge on any atom is 0.0716 e. The number of hydrogen-bond acceptors (Lipinski definition) is 2. The fourth-order valence-corrected chi connectivity index (χ4v) is 2.53. The van der Waals surface area contributed by atoms with Gasteiger partial charge in [0.25, 0.3) is 0 Å². The van der Waals surface area contributed by atoms with Gasteiger partial charge in [0.2, 0.25) is 0 Å². The zero-order valence-corrected chi connectivity index (χ0v) is 12.3. The van der Waals surface area contributed by atoms with Gasteiger partial charge < -0.3 is 10.1 Å². The lowest BCUT2D eigenvalue weighted by atomic mass is 10.0. The topological polar surface area (TPSA) is 21.3 Å². The number of ether oxygens (including phenoxy) is 1. The Balaban J connectivity index is 1.60. The predicted octanol–water partition coefficient (Wildman–Crippen LogP) is 3.34. The second-order valence-corrected chi connectivity index (χ2v) is 5.86. The molecule has 1 N–H and O–H groups in total. The van der Waals surface area contributed by atoms with Crippen molar-refractivity contribution in [3.8, 4) is 0 Å². The molecule has 1 aromatic rings. The standard InChI is InChI=1S/C14H20INO/c15-13-6-4-12(5-7-13)11-17-10-8-14-3-1-2-9-16-14/h4-7,14,16H,1-3,8-11H2/t14-/m1/s1. The van der Waals surface area contributed by atoms with Crippen LogP contribution in [0.4, 0.5) is 0 Å². The Kier molecular flexibility index (Phi) is 5.74. The lowest BCUT2D eigenvalue weighted by Crippen LogP contribution is -2.34. The van der Waals surface area contributed by atoms with Crippen molar-refractivity contribution in [3.05, 3.63) is 33.4 Å². The summed E-state index contributed by atoms with van der Waals surface area (Å²) >= 11 is 2.32. The number of nitrogens with one attached hydrogen (secondary N) is 1. The number of hydrogen-bond donors (Lipinski definition) is 1. The van der Waals surface area contributed by atoms with Gasteiger partial charge in [0.05, 0.1) is 6.61 Å². The molecular weight excluding hydrogens is 325 g/mol. The minimum Gasteiger partial charge on any atom is -0.377 e. The lowest BCUT2D eigenvalue weighted by Gasteiger charge is -2.23. The second-order valence-electron chi connectivity index (χ2n) is 4.61. The molecule has 1 heterocycles. The highest BCUT2D eigenvalue weighted by Gasteiger charge is 2.11. The summed E-state index contributed by atoms with van der Waals surface area (Å²) in [6, 6.07) is 9.21. The predicted molar refractivity (Wildman–Crippen MR) is 79.1 cm³/mol. The third kappa shape index (κ3) is 4.94. The number of benzene rings is 1. The van der Waals surface area contributed by atoms with Crippen LogP contribution >= 0.6 is 22.6 Å². The van der Waals surface area contributed by atoms with E-state index in [-0.39, 0.29) is 0 Å². The van der Waals surface area contributed by atoms with E-state index in [9.17, 15) is 0 Å². The van der Waals surface area contributed by atoms with Crippen LogP contribution in [0.15, 0.2) is 24.3 Å². The highest BCUT2D eigenvalue weighted by atomic mass is 127. The van der Waals surface area contributed by atoms with Gasteiger partial charge in [-0.2, -0.15) is 0 Å². The molecule has 0 bridgehead atoms. The van der Waals surface area contributed by atoms with E-state index in [1.54, 1.807) is 0 Å². The molecule has 1 fully saturated rings. The summed E-state index contributed by atoms with van der Waals surface area (Å²) in [7, 11) is 0. The van der Waals surface area contributed by atoms with Crippen LogP contribution in [0.25, 0.3) is 0 Å². The smallest absolute Gasteiger partial charge is 0.0716 e. The van der Waals surface area contributed by atoms with Gasteiger partial charge >= 0.3 is 0 Å². The summed E-state index contributed by atoms with van der Waals surface area (Å²) in [5.74, 6) is 0. The highest BCUT2D eigenvalue weighted by Crippen LogP contribution is 2.11. The van der Waals surface area contributed by atoms with Crippen molar-refractivity contribution in [1.82, 2.24) is 5.32 Å². The second kappa shape index (κ2) is 7.34. The van der Waals surface area contributed by atoms with Gasteiger partial charge in [0.15, 0.2) is 0 Å². The minimum absolute atomic E-state index is 0.681. The van der Waals surface area contributed by atoms with Crippen LogP contribution in [0.3, 0.4) is 0 Å². The van der Waals surface area contributed by atoms with Crippen LogP contribution in [0, 0.1) is 3.57 Å². The largest absolute Gasteiger partial charge is 0.377 e. The van der Waals surface area contributed by atoms with Gasteiger partial charge in [-0.15, -0.1) is 0 Å². The van der Waals surface area contributed by atoms with E-state index in [0.29, 0.717) is 6.04 Å². The Bertz CT molecular complexity index is 319. The maximum atomic E-state index is 5.72. The molecule has 0 aromatic heterocycles. The van der Waals surface area contributed by atoms with E-state index in [1.807, 2.05) is 0 Å². The first kappa shape index (κ1) is 13.3. The fraction of sp³-hybridized carbons (Fsp3) is 0.571. The van der Waals surface area contributed by atoms with E-state index in [2.05, 4.69) is 52.2 Å². The maximum absolute atomic E-state index is 5.72. The summed E-state index contributed by atoms with van der Waals surface area (Å²) in [5.41, 5.74) is 1.27. The van der Waals surface area contributed by atoms with Crippen LogP contribution < -0.4 is 5.32 Å². The Morgan fingerprint density at radius 1 is 1.24 bits per heavy atom. The van der Waals surface area contributed by atoms with Crippen LogP contribution in [0.2, 0.25) is 0 Å². The fourth-order valence-electron chi connectivity index (χ4n) is 2.17. The Morgan fingerprint density at radius 2 is 2.06 bits per heavy atom. The van der Waals surface area contributed by atoms with Gasteiger partial charge in [-0.3, -0.25) is 0 Å². The summed E-state index contributed by atoms with van der Waals surface area (Å²) in [6.07, 6.45) is 5.16. The third-order valence-electron chi connectivity index (χ3n) is 3.21. The Morgan fingerprint density at radius 3 is 2.76 bits per heavy atom. The third-order valence-corrected chi connectivity index (χ3v) is 3.92. The van der Waals surface area contributed by atoms with E-state index in [1.165, 1.54) is 34.9 Å². The molecule has 0 amide bonds. The first-order chi connectivity index (χ1) is 8.34. The molecule has 0 aliphatic carbocycles. The SMILES string of the molecule is Ic1ccc(COCC[C@H]2CCCCN2)cc1.